The first-order valence-corrected chi connectivity index (χ1v) is 12.4. The summed E-state index contributed by atoms with van der Waals surface area (Å²) in [7, 11) is 0. The Balaban J connectivity index is 1.62. The molecule has 1 fully saturated rings. The number of hydrogen-bond acceptors (Lipinski definition) is 5. The molecule has 152 valence electrons. The summed E-state index contributed by atoms with van der Waals surface area (Å²) >= 11 is 3.39. The van der Waals surface area contributed by atoms with Crippen LogP contribution >= 0.6 is 23.1 Å². The lowest BCUT2D eigenvalue weighted by atomic mass is 9.97. The van der Waals surface area contributed by atoms with E-state index < -0.39 is 0 Å². The van der Waals surface area contributed by atoms with E-state index in [4.69, 9.17) is 9.72 Å². The maximum Gasteiger partial charge on any atom is 0.267 e. The Morgan fingerprint density at radius 1 is 1.17 bits per heavy atom. The molecule has 2 aromatic heterocycles. The van der Waals surface area contributed by atoms with Crippen LogP contribution in [0.3, 0.4) is 0 Å². The molecule has 0 radical (unpaired) electrons. The van der Waals surface area contributed by atoms with Gasteiger partial charge >= 0.3 is 0 Å². The number of rotatable bonds is 4. The highest BCUT2D eigenvalue weighted by molar-refractivity contribution is 7.99. The molecule has 0 N–H and O–H groups in total. The van der Waals surface area contributed by atoms with Crippen molar-refractivity contribution in [3.05, 3.63) is 50.6 Å². The molecule has 5 rings (SSSR count). The van der Waals surface area contributed by atoms with Crippen LogP contribution in [0.5, 0.6) is 0 Å². The van der Waals surface area contributed by atoms with Crippen molar-refractivity contribution in [2.75, 3.05) is 12.4 Å². The molecule has 1 unspecified atom stereocenters. The van der Waals surface area contributed by atoms with E-state index in [9.17, 15) is 4.79 Å². The maximum absolute atomic E-state index is 13.7. The first kappa shape index (κ1) is 19.3. The second kappa shape index (κ2) is 8.25. The molecule has 6 heteroatoms. The average molecular weight is 427 g/mol. The number of fused-ring (bicyclic) bond motifs is 3. The quantitative estimate of drug-likeness (QED) is 0.420. The molecular weight excluding hydrogens is 400 g/mol. The number of ether oxygens (including phenoxy) is 1. The molecule has 0 bridgehead atoms. The molecule has 0 saturated carbocycles. The van der Waals surface area contributed by atoms with Gasteiger partial charge in [0.05, 0.1) is 17.2 Å². The first-order chi connectivity index (χ1) is 14.2. The van der Waals surface area contributed by atoms with Crippen LogP contribution in [-0.2, 0) is 17.6 Å². The van der Waals surface area contributed by atoms with Crippen LogP contribution in [0.4, 0.5) is 0 Å². The van der Waals surface area contributed by atoms with Crippen molar-refractivity contribution in [1.82, 2.24) is 9.55 Å². The van der Waals surface area contributed by atoms with Crippen LogP contribution in [0, 0.1) is 6.92 Å². The topological polar surface area (TPSA) is 44.1 Å². The summed E-state index contributed by atoms with van der Waals surface area (Å²) in [6.45, 7) is 2.92. The third-order valence-electron chi connectivity index (χ3n) is 5.92. The van der Waals surface area contributed by atoms with E-state index >= 15 is 0 Å². The molecule has 4 nitrogen and oxygen atoms in total. The summed E-state index contributed by atoms with van der Waals surface area (Å²) in [5.41, 5.74) is 3.43. The van der Waals surface area contributed by atoms with Gasteiger partial charge in [0, 0.05) is 17.2 Å². The number of benzene rings is 1. The standard InChI is InChI=1S/C23H26N2O2S2/c1-15-9-11-16(12-10-15)25-22(26)20-18-7-2-3-8-19(18)29-21(20)24-23(25)28-14-17-6-4-5-13-27-17/h9-12,17H,2-8,13-14H2,1H3. The van der Waals surface area contributed by atoms with Gasteiger partial charge in [-0.3, -0.25) is 9.36 Å². The monoisotopic (exact) mass is 426 g/mol. The number of thiophene rings is 1. The Bertz CT molecular complexity index is 1080. The van der Waals surface area contributed by atoms with Gasteiger partial charge in [0.25, 0.3) is 5.56 Å². The Labute approximate surface area is 179 Å². The van der Waals surface area contributed by atoms with Crippen LogP contribution in [-0.4, -0.2) is 28.0 Å². The highest BCUT2D eigenvalue weighted by Crippen LogP contribution is 2.35. The Kier molecular flexibility index (Phi) is 5.50. The summed E-state index contributed by atoms with van der Waals surface area (Å²) < 4.78 is 7.74. The zero-order chi connectivity index (χ0) is 19.8. The number of aryl methyl sites for hydroxylation is 3. The molecular formula is C23H26N2O2S2. The van der Waals surface area contributed by atoms with Crippen molar-refractivity contribution < 1.29 is 4.74 Å². The van der Waals surface area contributed by atoms with E-state index in [1.165, 1.54) is 35.3 Å². The zero-order valence-electron chi connectivity index (χ0n) is 16.8. The largest absolute Gasteiger partial charge is 0.377 e. The number of nitrogens with zero attached hydrogens (tertiary/aromatic N) is 2. The second-order valence-electron chi connectivity index (χ2n) is 8.06. The lowest BCUT2D eigenvalue weighted by Crippen LogP contribution is -2.24. The minimum atomic E-state index is 0.0883. The fraction of sp³-hybridized carbons (Fsp3) is 0.478. The van der Waals surface area contributed by atoms with E-state index in [0.29, 0.717) is 0 Å². The van der Waals surface area contributed by atoms with Gasteiger partial charge in [-0.1, -0.05) is 29.5 Å². The average Bonchev–Trinajstić information content (AvgIpc) is 3.13. The Morgan fingerprint density at radius 2 is 2.00 bits per heavy atom. The highest BCUT2D eigenvalue weighted by Gasteiger charge is 2.24. The lowest BCUT2D eigenvalue weighted by Gasteiger charge is -2.22. The normalized spacial score (nSPS) is 19.4. The molecule has 2 aliphatic rings. The SMILES string of the molecule is Cc1ccc(-n2c(SCC3CCCCO3)nc3sc4c(c3c2=O)CCCC4)cc1. The van der Waals surface area contributed by atoms with Gasteiger partial charge < -0.3 is 4.74 Å². The van der Waals surface area contributed by atoms with E-state index in [1.807, 2.05) is 16.7 Å². The predicted octanol–water partition coefficient (Wildman–Crippen LogP) is 5.30. The van der Waals surface area contributed by atoms with Crippen LogP contribution in [0.25, 0.3) is 15.9 Å². The van der Waals surface area contributed by atoms with Gasteiger partial charge in [0.2, 0.25) is 0 Å². The molecule has 1 aliphatic heterocycles. The van der Waals surface area contributed by atoms with Gasteiger partial charge in [-0.05, 0) is 69.6 Å². The van der Waals surface area contributed by atoms with E-state index in [0.717, 1.165) is 59.1 Å². The Hall–Kier alpha value is -1.63. The number of thioether (sulfide) groups is 1. The van der Waals surface area contributed by atoms with Crippen molar-refractivity contribution >= 4 is 33.3 Å². The fourth-order valence-corrected chi connectivity index (χ4v) is 6.69. The van der Waals surface area contributed by atoms with E-state index in [1.54, 1.807) is 23.1 Å². The third-order valence-corrected chi connectivity index (χ3v) is 8.18. The number of hydrogen-bond donors (Lipinski definition) is 0. The van der Waals surface area contributed by atoms with Gasteiger partial charge in [-0.25, -0.2) is 4.98 Å². The first-order valence-electron chi connectivity index (χ1n) is 10.6. The highest BCUT2D eigenvalue weighted by atomic mass is 32.2. The van der Waals surface area contributed by atoms with Crippen molar-refractivity contribution in [3.8, 4) is 5.69 Å². The summed E-state index contributed by atoms with van der Waals surface area (Å²) in [6, 6.07) is 8.19. The maximum atomic E-state index is 13.7. The molecule has 0 amide bonds. The summed E-state index contributed by atoms with van der Waals surface area (Å²) in [5, 5.41) is 1.64. The van der Waals surface area contributed by atoms with Crippen LogP contribution in [0.15, 0.2) is 34.2 Å². The molecule has 0 spiro atoms. The van der Waals surface area contributed by atoms with Crippen molar-refractivity contribution in [2.24, 2.45) is 0 Å². The van der Waals surface area contributed by atoms with Crippen LogP contribution in [0.2, 0.25) is 0 Å². The van der Waals surface area contributed by atoms with Crippen molar-refractivity contribution in [3.63, 3.8) is 0 Å². The molecule has 1 aromatic carbocycles. The van der Waals surface area contributed by atoms with Gasteiger partial charge in [0.15, 0.2) is 5.16 Å². The molecule has 3 heterocycles. The van der Waals surface area contributed by atoms with Crippen molar-refractivity contribution in [1.29, 1.82) is 0 Å². The lowest BCUT2D eigenvalue weighted by molar-refractivity contribution is 0.0315. The van der Waals surface area contributed by atoms with E-state index in [2.05, 4.69) is 19.1 Å². The number of aromatic nitrogens is 2. The minimum Gasteiger partial charge on any atom is -0.377 e. The van der Waals surface area contributed by atoms with Gasteiger partial charge in [-0.15, -0.1) is 11.3 Å². The van der Waals surface area contributed by atoms with Crippen LogP contribution < -0.4 is 5.56 Å². The van der Waals surface area contributed by atoms with Gasteiger partial charge in [-0.2, -0.15) is 0 Å². The fourth-order valence-electron chi connectivity index (χ4n) is 4.31. The van der Waals surface area contributed by atoms with Gasteiger partial charge in [0.1, 0.15) is 4.83 Å². The molecule has 3 aromatic rings. The third kappa shape index (κ3) is 3.78. The molecule has 1 saturated heterocycles. The summed E-state index contributed by atoms with van der Waals surface area (Å²) in [6.07, 6.45) is 8.19. The van der Waals surface area contributed by atoms with E-state index in [-0.39, 0.29) is 11.7 Å². The summed E-state index contributed by atoms with van der Waals surface area (Å²) in [5.74, 6) is 0.842. The van der Waals surface area contributed by atoms with Crippen LogP contribution in [0.1, 0.15) is 48.1 Å². The smallest absolute Gasteiger partial charge is 0.267 e. The zero-order valence-corrected chi connectivity index (χ0v) is 18.4. The molecule has 1 atom stereocenters. The summed E-state index contributed by atoms with van der Waals surface area (Å²) in [4.78, 5) is 21.0. The second-order valence-corrected chi connectivity index (χ2v) is 10.1. The molecule has 29 heavy (non-hydrogen) atoms. The predicted molar refractivity (Wildman–Crippen MR) is 121 cm³/mol. The van der Waals surface area contributed by atoms with Crippen molar-refractivity contribution in [2.45, 2.75) is 63.1 Å². The minimum absolute atomic E-state index is 0.0883. The molecule has 1 aliphatic carbocycles. The Morgan fingerprint density at radius 3 is 2.79 bits per heavy atom.